The highest BCUT2D eigenvalue weighted by Gasteiger charge is 2.14. The molecule has 0 fully saturated rings. The van der Waals surface area contributed by atoms with E-state index >= 15 is 0 Å². The van der Waals surface area contributed by atoms with Crippen molar-refractivity contribution in [3.63, 3.8) is 0 Å². The Kier molecular flexibility index (Phi) is 4.86. The topological polar surface area (TPSA) is 69.0 Å². The van der Waals surface area contributed by atoms with Gasteiger partial charge in [-0.2, -0.15) is 0 Å². The summed E-state index contributed by atoms with van der Waals surface area (Å²) in [6.07, 6.45) is 1.59. The van der Waals surface area contributed by atoms with Crippen LogP contribution in [0.25, 0.3) is 5.69 Å². The Morgan fingerprint density at radius 2 is 2.35 bits per heavy atom. The van der Waals surface area contributed by atoms with Crippen molar-refractivity contribution in [2.24, 2.45) is 0 Å². The van der Waals surface area contributed by atoms with E-state index in [1.807, 2.05) is 31.2 Å². The Morgan fingerprint density at radius 3 is 3.05 bits per heavy atom. The second kappa shape index (κ2) is 6.62. The van der Waals surface area contributed by atoms with E-state index in [2.05, 4.69) is 31.6 Å². The van der Waals surface area contributed by atoms with Gasteiger partial charge in [-0.15, -0.1) is 5.10 Å². The summed E-state index contributed by atoms with van der Waals surface area (Å²) in [6, 6.07) is 7.50. The zero-order chi connectivity index (χ0) is 14.5. The lowest BCUT2D eigenvalue weighted by atomic mass is 10.3. The van der Waals surface area contributed by atoms with Gasteiger partial charge in [-0.05, 0) is 25.1 Å². The van der Waals surface area contributed by atoms with Gasteiger partial charge >= 0.3 is 0 Å². The Hall–Kier alpha value is -1.73. The highest BCUT2D eigenvalue weighted by Crippen LogP contribution is 2.14. The summed E-state index contributed by atoms with van der Waals surface area (Å²) in [5, 5.41) is 10.6. The van der Waals surface area contributed by atoms with Crippen molar-refractivity contribution in [1.82, 2.24) is 20.3 Å². The number of nitrogens with zero attached hydrogens (tertiary/aromatic N) is 3. The molecule has 0 aliphatic carbocycles. The van der Waals surface area contributed by atoms with E-state index in [0.29, 0.717) is 6.61 Å². The molecule has 106 valence electrons. The summed E-state index contributed by atoms with van der Waals surface area (Å²) >= 11 is 3.39. The number of hydrogen-bond acceptors (Lipinski definition) is 4. The first-order valence-corrected chi connectivity index (χ1v) is 6.87. The zero-order valence-corrected chi connectivity index (χ0v) is 12.8. The molecule has 1 amide bonds. The minimum atomic E-state index is -0.268. The first kappa shape index (κ1) is 14.7. The lowest BCUT2D eigenvalue weighted by Gasteiger charge is -2.10. The van der Waals surface area contributed by atoms with E-state index < -0.39 is 0 Å². The molecule has 6 nitrogen and oxygen atoms in total. The van der Waals surface area contributed by atoms with E-state index in [-0.39, 0.29) is 17.6 Å². The highest BCUT2D eigenvalue weighted by molar-refractivity contribution is 9.10. The van der Waals surface area contributed by atoms with Gasteiger partial charge in [0.25, 0.3) is 5.91 Å². The minimum Gasteiger partial charge on any atom is -0.383 e. The molecule has 1 heterocycles. The van der Waals surface area contributed by atoms with Gasteiger partial charge in [0.1, 0.15) is 0 Å². The molecule has 0 aliphatic heterocycles. The monoisotopic (exact) mass is 338 g/mol. The molecule has 2 aromatic rings. The number of rotatable bonds is 5. The van der Waals surface area contributed by atoms with E-state index in [1.54, 1.807) is 18.0 Å². The van der Waals surface area contributed by atoms with Gasteiger partial charge in [0.05, 0.1) is 18.5 Å². The molecule has 0 bridgehead atoms. The van der Waals surface area contributed by atoms with Gasteiger partial charge in [-0.3, -0.25) is 4.79 Å². The molecule has 1 unspecified atom stereocenters. The average molecular weight is 339 g/mol. The minimum absolute atomic E-state index is 0.0801. The second-order valence-electron chi connectivity index (χ2n) is 4.36. The predicted molar refractivity (Wildman–Crippen MR) is 77.9 cm³/mol. The molecule has 0 saturated heterocycles. The summed E-state index contributed by atoms with van der Waals surface area (Å²) in [7, 11) is 1.59. The molecule has 0 spiro atoms. The van der Waals surface area contributed by atoms with E-state index in [0.717, 1.165) is 10.2 Å². The molecular formula is C13H15BrN4O2. The maximum Gasteiger partial charge on any atom is 0.273 e. The van der Waals surface area contributed by atoms with Crippen molar-refractivity contribution >= 4 is 21.8 Å². The maximum atomic E-state index is 11.9. The van der Waals surface area contributed by atoms with Crippen molar-refractivity contribution in [3.05, 3.63) is 40.6 Å². The van der Waals surface area contributed by atoms with Crippen LogP contribution in [0.5, 0.6) is 0 Å². The van der Waals surface area contributed by atoms with Crippen molar-refractivity contribution in [1.29, 1.82) is 0 Å². The molecule has 1 N–H and O–H groups in total. The van der Waals surface area contributed by atoms with Crippen LogP contribution in [0, 0.1) is 0 Å². The van der Waals surface area contributed by atoms with Crippen LogP contribution in [0.2, 0.25) is 0 Å². The second-order valence-corrected chi connectivity index (χ2v) is 5.27. The highest BCUT2D eigenvalue weighted by atomic mass is 79.9. The van der Waals surface area contributed by atoms with Crippen LogP contribution >= 0.6 is 15.9 Å². The molecule has 2 rings (SSSR count). The van der Waals surface area contributed by atoms with Gasteiger partial charge in [-0.25, -0.2) is 4.68 Å². The summed E-state index contributed by atoms with van der Waals surface area (Å²) in [5.74, 6) is -0.268. The summed E-state index contributed by atoms with van der Waals surface area (Å²) in [6.45, 7) is 2.31. The molecular weight excluding hydrogens is 324 g/mol. The molecule has 0 aliphatic rings. The van der Waals surface area contributed by atoms with Crippen LogP contribution in [0.1, 0.15) is 17.4 Å². The largest absolute Gasteiger partial charge is 0.383 e. The van der Waals surface area contributed by atoms with Crippen molar-refractivity contribution in [2.75, 3.05) is 13.7 Å². The number of nitrogens with one attached hydrogen (secondary N) is 1. The van der Waals surface area contributed by atoms with Crippen LogP contribution in [0.4, 0.5) is 0 Å². The smallest absolute Gasteiger partial charge is 0.273 e. The van der Waals surface area contributed by atoms with E-state index in [4.69, 9.17) is 4.74 Å². The van der Waals surface area contributed by atoms with Crippen molar-refractivity contribution < 1.29 is 9.53 Å². The zero-order valence-electron chi connectivity index (χ0n) is 11.2. The Labute approximate surface area is 125 Å². The lowest BCUT2D eigenvalue weighted by Crippen LogP contribution is -2.35. The normalized spacial score (nSPS) is 12.2. The molecule has 1 aromatic carbocycles. The van der Waals surface area contributed by atoms with E-state index in [9.17, 15) is 4.79 Å². The number of aromatic nitrogens is 3. The van der Waals surface area contributed by atoms with Crippen LogP contribution in [0.15, 0.2) is 34.9 Å². The number of carbonyl (C=O) groups excluding carboxylic acids is 1. The third kappa shape index (κ3) is 3.64. The van der Waals surface area contributed by atoms with Crippen molar-refractivity contribution in [3.8, 4) is 5.69 Å². The number of benzene rings is 1. The molecule has 0 radical (unpaired) electrons. The van der Waals surface area contributed by atoms with E-state index in [1.165, 1.54) is 0 Å². The number of hydrogen-bond donors (Lipinski definition) is 1. The van der Waals surface area contributed by atoms with Crippen LogP contribution in [-0.2, 0) is 4.74 Å². The fraction of sp³-hybridized carbons (Fsp3) is 0.308. The van der Waals surface area contributed by atoms with Gasteiger partial charge < -0.3 is 10.1 Å². The first-order valence-electron chi connectivity index (χ1n) is 6.08. The molecule has 0 saturated carbocycles. The van der Waals surface area contributed by atoms with Crippen molar-refractivity contribution in [2.45, 2.75) is 13.0 Å². The third-order valence-electron chi connectivity index (χ3n) is 2.59. The van der Waals surface area contributed by atoms with Crippen LogP contribution in [0.3, 0.4) is 0 Å². The first-order chi connectivity index (χ1) is 9.60. The number of methoxy groups -OCH3 is 1. The fourth-order valence-electron chi connectivity index (χ4n) is 1.70. The summed E-state index contributed by atoms with van der Waals surface area (Å²) in [4.78, 5) is 11.9. The summed E-state index contributed by atoms with van der Waals surface area (Å²) < 4.78 is 7.46. The Bertz CT molecular complexity index is 600. The lowest BCUT2D eigenvalue weighted by molar-refractivity contribution is 0.0900. The molecule has 1 aromatic heterocycles. The number of carbonyl (C=O) groups is 1. The van der Waals surface area contributed by atoms with Gasteiger partial charge in [-0.1, -0.05) is 27.2 Å². The molecule has 1 atom stereocenters. The molecule has 20 heavy (non-hydrogen) atoms. The van der Waals surface area contributed by atoms with Gasteiger partial charge in [0.15, 0.2) is 5.69 Å². The Morgan fingerprint density at radius 1 is 1.55 bits per heavy atom. The SMILES string of the molecule is COCC(C)NC(=O)c1cn(-c2cccc(Br)c2)nn1. The summed E-state index contributed by atoms with van der Waals surface area (Å²) in [5.41, 5.74) is 1.10. The number of amides is 1. The standard InChI is InChI=1S/C13H15BrN4O2/c1-9(8-20-2)15-13(19)12-7-18(17-16-12)11-5-3-4-10(14)6-11/h3-7,9H,8H2,1-2H3,(H,15,19). The van der Waals surface area contributed by atoms with Gasteiger partial charge in [0, 0.05) is 17.6 Å². The third-order valence-corrected chi connectivity index (χ3v) is 3.09. The Balaban J connectivity index is 2.11. The van der Waals surface area contributed by atoms with Gasteiger partial charge in [0.2, 0.25) is 0 Å². The van der Waals surface area contributed by atoms with Crippen LogP contribution < -0.4 is 5.32 Å². The average Bonchev–Trinajstić information content (AvgIpc) is 2.88. The molecule has 7 heteroatoms. The maximum absolute atomic E-state index is 11.9. The number of halogens is 1. The fourth-order valence-corrected chi connectivity index (χ4v) is 2.09. The predicted octanol–water partition coefficient (Wildman–Crippen LogP) is 1.79. The van der Waals surface area contributed by atoms with Crippen LogP contribution in [-0.4, -0.2) is 40.7 Å². The quantitative estimate of drug-likeness (QED) is 0.902. The number of ether oxygens (including phenoxy) is 1.